The van der Waals surface area contributed by atoms with Gasteiger partial charge in [0.1, 0.15) is 10.3 Å². The second-order valence-electron chi connectivity index (χ2n) is 7.20. The first kappa shape index (κ1) is 19.1. The first-order valence-electron chi connectivity index (χ1n) is 8.80. The number of anilines is 1. The summed E-state index contributed by atoms with van der Waals surface area (Å²) in [5, 5.41) is 10.2. The van der Waals surface area contributed by atoms with Gasteiger partial charge in [-0.15, -0.1) is 0 Å². The molecule has 1 aliphatic carbocycles. The van der Waals surface area contributed by atoms with Crippen LogP contribution in [0.5, 0.6) is 0 Å². The zero-order chi connectivity index (χ0) is 19.2. The number of aromatic nitrogens is 3. The quantitative estimate of drug-likeness (QED) is 0.514. The Morgan fingerprint density at radius 1 is 1.52 bits per heavy atom. The number of alkyl halides is 1. The van der Waals surface area contributed by atoms with Gasteiger partial charge in [-0.2, -0.15) is 9.47 Å². The molecule has 0 saturated heterocycles. The second kappa shape index (κ2) is 7.31. The fraction of sp³-hybridized carbons (Fsp3) is 0.444. The van der Waals surface area contributed by atoms with Crippen molar-refractivity contribution in [2.45, 2.75) is 50.9 Å². The lowest BCUT2D eigenvalue weighted by atomic mass is 10.00. The number of nitrogens with two attached hydrogens (primary N) is 1. The normalized spacial score (nSPS) is 16.6. The molecule has 3 aromatic heterocycles. The van der Waals surface area contributed by atoms with Gasteiger partial charge in [-0.25, -0.2) is 8.91 Å². The van der Waals surface area contributed by atoms with Crippen LogP contribution in [-0.2, 0) is 13.0 Å². The highest BCUT2D eigenvalue weighted by atomic mass is 79.9. The van der Waals surface area contributed by atoms with Gasteiger partial charge in [-0.3, -0.25) is 0 Å². The van der Waals surface area contributed by atoms with Gasteiger partial charge in [-0.1, -0.05) is 11.6 Å². The second-order valence-corrected chi connectivity index (χ2v) is 9.00. The van der Waals surface area contributed by atoms with Gasteiger partial charge in [0.05, 0.1) is 23.4 Å². The van der Waals surface area contributed by atoms with Crippen LogP contribution in [0.4, 0.5) is 10.1 Å². The Hall–Kier alpha value is -1.22. The van der Waals surface area contributed by atoms with Crippen molar-refractivity contribution in [3.63, 3.8) is 0 Å². The highest BCUT2D eigenvalue weighted by Crippen LogP contribution is 2.44. The highest BCUT2D eigenvalue weighted by molar-refractivity contribution is 9.10. The molecular formula is C18H20BrClFN5S. The van der Waals surface area contributed by atoms with Crippen molar-refractivity contribution in [2.75, 3.05) is 5.32 Å². The van der Waals surface area contributed by atoms with E-state index in [-0.39, 0.29) is 6.04 Å². The third-order valence-electron chi connectivity index (χ3n) is 5.01. The number of halogens is 3. The van der Waals surface area contributed by atoms with Crippen molar-refractivity contribution in [2.24, 2.45) is 5.73 Å². The van der Waals surface area contributed by atoms with Gasteiger partial charge >= 0.3 is 0 Å². The van der Waals surface area contributed by atoms with E-state index in [1.807, 2.05) is 24.4 Å². The summed E-state index contributed by atoms with van der Waals surface area (Å²) in [5.41, 5.74) is 10.1. The maximum atomic E-state index is 14.1. The van der Waals surface area contributed by atoms with Gasteiger partial charge in [0.25, 0.3) is 0 Å². The third-order valence-corrected chi connectivity index (χ3v) is 6.60. The molecule has 0 unspecified atom stereocenters. The first-order chi connectivity index (χ1) is 12.9. The molecular weight excluding hydrogens is 453 g/mol. The predicted octanol–water partition coefficient (Wildman–Crippen LogP) is 4.89. The monoisotopic (exact) mass is 471 g/mol. The van der Waals surface area contributed by atoms with E-state index in [1.54, 1.807) is 4.52 Å². The average Bonchev–Trinajstić information content (AvgIpc) is 3.04. The van der Waals surface area contributed by atoms with Crippen LogP contribution < -0.4 is 11.1 Å². The summed E-state index contributed by atoms with van der Waals surface area (Å²) in [4.78, 5) is 0. The van der Waals surface area contributed by atoms with Crippen molar-refractivity contribution in [3.8, 4) is 0 Å². The molecule has 0 bridgehead atoms. The molecule has 3 N–H and O–H groups in total. The van der Waals surface area contributed by atoms with E-state index in [0.717, 1.165) is 32.6 Å². The number of hydrogen-bond acceptors (Lipinski definition) is 5. The van der Waals surface area contributed by atoms with Crippen LogP contribution in [-0.4, -0.2) is 25.7 Å². The van der Waals surface area contributed by atoms with Crippen LogP contribution in [0.25, 0.3) is 5.52 Å². The largest absolute Gasteiger partial charge is 0.378 e. The Bertz CT molecular complexity index is 970. The van der Waals surface area contributed by atoms with Crippen molar-refractivity contribution >= 4 is 50.3 Å². The minimum Gasteiger partial charge on any atom is -0.378 e. The summed E-state index contributed by atoms with van der Waals surface area (Å²) < 4.78 is 21.0. The fourth-order valence-corrected chi connectivity index (χ4v) is 4.88. The first-order valence-corrected chi connectivity index (χ1v) is 10.8. The molecule has 3 heterocycles. The molecule has 1 fully saturated rings. The van der Waals surface area contributed by atoms with E-state index < -0.39 is 5.67 Å². The van der Waals surface area contributed by atoms with Crippen LogP contribution >= 0.6 is 39.1 Å². The van der Waals surface area contributed by atoms with E-state index in [2.05, 4.69) is 30.7 Å². The van der Waals surface area contributed by atoms with E-state index >= 15 is 0 Å². The number of aryl methyl sites for hydroxylation is 1. The fourth-order valence-electron chi connectivity index (χ4n) is 3.43. The Morgan fingerprint density at radius 3 is 2.96 bits per heavy atom. The molecule has 4 rings (SSSR count). The summed E-state index contributed by atoms with van der Waals surface area (Å²) in [6, 6.07) is 3.56. The van der Waals surface area contributed by atoms with Gasteiger partial charge in [0, 0.05) is 17.5 Å². The third kappa shape index (κ3) is 3.99. The minimum absolute atomic E-state index is 0.230. The predicted molar refractivity (Wildman–Crippen MR) is 111 cm³/mol. The lowest BCUT2D eigenvalue weighted by Gasteiger charge is -2.14. The summed E-state index contributed by atoms with van der Waals surface area (Å²) in [6.07, 6.45) is 2.24. The maximum Gasteiger partial charge on any atom is 0.152 e. The van der Waals surface area contributed by atoms with Gasteiger partial charge in [-0.05, 0) is 77.3 Å². The summed E-state index contributed by atoms with van der Waals surface area (Å²) in [6.45, 7) is 2.63. The molecule has 0 aliphatic heterocycles. The topological polar surface area (TPSA) is 68.2 Å². The lowest BCUT2D eigenvalue weighted by Crippen LogP contribution is -2.27. The van der Waals surface area contributed by atoms with E-state index in [1.165, 1.54) is 11.5 Å². The lowest BCUT2D eigenvalue weighted by molar-refractivity contribution is 0.270. The number of rotatable bonds is 7. The van der Waals surface area contributed by atoms with Crippen molar-refractivity contribution < 1.29 is 4.39 Å². The molecule has 1 saturated carbocycles. The maximum absolute atomic E-state index is 14.1. The van der Waals surface area contributed by atoms with Crippen LogP contribution in [0, 0.1) is 6.92 Å². The average molecular weight is 473 g/mol. The number of nitrogens with one attached hydrogen (secondary N) is 1. The molecule has 1 atom stereocenters. The van der Waals surface area contributed by atoms with Crippen LogP contribution in [0.2, 0.25) is 5.15 Å². The Morgan fingerprint density at radius 2 is 2.30 bits per heavy atom. The van der Waals surface area contributed by atoms with Crippen molar-refractivity contribution in [1.82, 2.24) is 14.0 Å². The molecule has 5 nitrogen and oxygen atoms in total. The summed E-state index contributed by atoms with van der Waals surface area (Å²) in [5.74, 6) is 0. The molecule has 0 radical (unpaired) electrons. The van der Waals surface area contributed by atoms with E-state index in [0.29, 0.717) is 37.4 Å². The zero-order valence-electron chi connectivity index (χ0n) is 14.8. The molecule has 0 aromatic carbocycles. The highest BCUT2D eigenvalue weighted by Gasteiger charge is 2.44. The smallest absolute Gasteiger partial charge is 0.152 e. The van der Waals surface area contributed by atoms with E-state index in [4.69, 9.17) is 17.3 Å². The molecule has 0 spiro atoms. The standard InChI is InChI=1S/C18H20BrClFN5S/c1-10-13(6-11(22)8-18(21)3-4-18)17(19)26-16(10)14(7-15(20)24-26)23-9-12-2-5-27-25-12/h2,5,7,11,23H,3-4,6,8-9,22H2,1H3/t11-/m1/s1. The SMILES string of the molecule is Cc1c(C[C@@H](N)CC2(F)CC2)c(Br)n2nc(Cl)cc(NCc3ccsn3)c12. The molecule has 1 aliphatic rings. The molecule has 9 heteroatoms. The Balaban J connectivity index is 1.65. The number of fused-ring (bicyclic) bond motifs is 1. The van der Waals surface area contributed by atoms with Gasteiger partial charge < -0.3 is 11.1 Å². The Labute approximate surface area is 174 Å². The molecule has 3 aromatic rings. The van der Waals surface area contributed by atoms with Crippen LogP contribution in [0.3, 0.4) is 0 Å². The molecule has 27 heavy (non-hydrogen) atoms. The molecule has 0 amide bonds. The zero-order valence-corrected chi connectivity index (χ0v) is 18.0. The van der Waals surface area contributed by atoms with Crippen molar-refractivity contribution in [3.05, 3.63) is 44.1 Å². The number of hydrogen-bond donors (Lipinski definition) is 2. The van der Waals surface area contributed by atoms with Gasteiger partial charge in [0.15, 0.2) is 5.15 Å². The van der Waals surface area contributed by atoms with Crippen molar-refractivity contribution in [1.29, 1.82) is 0 Å². The summed E-state index contributed by atoms with van der Waals surface area (Å²) in [7, 11) is 0. The summed E-state index contributed by atoms with van der Waals surface area (Å²) >= 11 is 11.3. The van der Waals surface area contributed by atoms with Crippen LogP contribution in [0.1, 0.15) is 36.1 Å². The van der Waals surface area contributed by atoms with Crippen LogP contribution in [0.15, 0.2) is 22.1 Å². The molecule has 144 valence electrons. The number of nitrogens with zero attached hydrogens (tertiary/aromatic N) is 3. The Kier molecular flexibility index (Phi) is 5.18. The van der Waals surface area contributed by atoms with E-state index in [9.17, 15) is 4.39 Å². The minimum atomic E-state index is -1.05. The van der Waals surface area contributed by atoms with Gasteiger partial charge in [0.2, 0.25) is 0 Å².